The molecule has 0 aliphatic carbocycles. The minimum Gasteiger partial charge on any atom is -0.309 e. The number of rotatable bonds is 7. The second-order valence-corrected chi connectivity index (χ2v) is 6.45. The van der Waals surface area contributed by atoms with E-state index in [1.54, 1.807) is 23.1 Å². The van der Waals surface area contributed by atoms with Crippen molar-refractivity contribution >= 4 is 23.1 Å². The highest BCUT2D eigenvalue weighted by atomic mass is 32.2. The second kappa shape index (κ2) is 7.62. The number of aromatic nitrogens is 2. The first-order valence-electron chi connectivity index (χ1n) is 6.60. The molecule has 5 heteroatoms. The van der Waals surface area contributed by atoms with Gasteiger partial charge in [0.15, 0.2) is 4.34 Å². The molecule has 2 rings (SSSR count). The van der Waals surface area contributed by atoms with E-state index in [0.29, 0.717) is 6.04 Å². The lowest BCUT2D eigenvalue weighted by atomic mass is 10.1. The van der Waals surface area contributed by atoms with Crippen molar-refractivity contribution in [2.24, 2.45) is 0 Å². The molecule has 2 aromatic heterocycles. The number of nitrogens with one attached hydrogen (secondary N) is 1. The van der Waals surface area contributed by atoms with Gasteiger partial charge in [0.2, 0.25) is 0 Å². The monoisotopic (exact) mass is 293 g/mol. The van der Waals surface area contributed by atoms with Crippen LogP contribution < -0.4 is 5.32 Å². The average Bonchev–Trinajstić information content (AvgIpc) is 2.94. The maximum Gasteiger partial charge on any atom is 0.154 e. The highest BCUT2D eigenvalue weighted by molar-refractivity contribution is 8.01. The Morgan fingerprint density at radius 2 is 2.21 bits per heavy atom. The Morgan fingerprint density at radius 3 is 2.79 bits per heavy atom. The van der Waals surface area contributed by atoms with Crippen molar-refractivity contribution in [1.29, 1.82) is 0 Å². The van der Waals surface area contributed by atoms with Gasteiger partial charge in [0.05, 0.1) is 5.69 Å². The van der Waals surface area contributed by atoms with Crippen molar-refractivity contribution in [2.75, 3.05) is 6.54 Å². The van der Waals surface area contributed by atoms with Crippen molar-refractivity contribution in [2.45, 2.75) is 42.0 Å². The van der Waals surface area contributed by atoms with Gasteiger partial charge in [0.1, 0.15) is 0 Å². The highest BCUT2D eigenvalue weighted by Gasteiger charge is 2.09. The standard InChI is InChI=1S/C14H19N3S2/c1-3-7-15-12(4-2)13-6-5-11(10-17-13)19-14-16-8-9-18-14/h5-6,8-10,12,15H,3-4,7H2,1-2H3. The molecule has 1 N–H and O–H groups in total. The fourth-order valence-electron chi connectivity index (χ4n) is 1.80. The van der Waals surface area contributed by atoms with E-state index in [1.165, 1.54) is 0 Å². The summed E-state index contributed by atoms with van der Waals surface area (Å²) < 4.78 is 1.06. The van der Waals surface area contributed by atoms with Crippen LogP contribution in [0.5, 0.6) is 0 Å². The van der Waals surface area contributed by atoms with E-state index in [9.17, 15) is 0 Å². The van der Waals surface area contributed by atoms with Crippen LogP contribution in [0.1, 0.15) is 38.4 Å². The molecule has 0 aromatic carbocycles. The first-order valence-corrected chi connectivity index (χ1v) is 8.29. The third-order valence-corrected chi connectivity index (χ3v) is 4.64. The summed E-state index contributed by atoms with van der Waals surface area (Å²) in [4.78, 5) is 9.99. The Morgan fingerprint density at radius 1 is 1.32 bits per heavy atom. The molecule has 3 nitrogen and oxygen atoms in total. The number of hydrogen-bond donors (Lipinski definition) is 1. The maximum absolute atomic E-state index is 4.58. The highest BCUT2D eigenvalue weighted by Crippen LogP contribution is 2.29. The van der Waals surface area contributed by atoms with Gasteiger partial charge in [0, 0.05) is 28.7 Å². The molecule has 0 radical (unpaired) electrons. The quantitative estimate of drug-likeness (QED) is 0.832. The van der Waals surface area contributed by atoms with Gasteiger partial charge in [0.25, 0.3) is 0 Å². The van der Waals surface area contributed by atoms with Crippen LogP contribution >= 0.6 is 23.1 Å². The average molecular weight is 293 g/mol. The number of nitrogens with zero attached hydrogens (tertiary/aromatic N) is 2. The number of thiazole rings is 1. The fourth-order valence-corrected chi connectivity index (χ4v) is 3.36. The predicted molar refractivity (Wildman–Crippen MR) is 81.8 cm³/mol. The third kappa shape index (κ3) is 4.30. The molecule has 2 heterocycles. The summed E-state index contributed by atoms with van der Waals surface area (Å²) in [6.45, 7) is 5.41. The lowest BCUT2D eigenvalue weighted by molar-refractivity contribution is 0.507. The smallest absolute Gasteiger partial charge is 0.154 e. The van der Waals surface area contributed by atoms with Crippen LogP contribution in [-0.2, 0) is 0 Å². The van der Waals surface area contributed by atoms with Crippen LogP contribution in [0.2, 0.25) is 0 Å². The Balaban J connectivity index is 2.00. The van der Waals surface area contributed by atoms with Gasteiger partial charge in [-0.2, -0.15) is 0 Å². The molecule has 0 aliphatic heterocycles. The topological polar surface area (TPSA) is 37.8 Å². The molecule has 0 amide bonds. The van der Waals surface area contributed by atoms with Crippen LogP contribution in [0.25, 0.3) is 0 Å². The summed E-state index contributed by atoms with van der Waals surface area (Å²) in [6, 6.07) is 4.61. The van der Waals surface area contributed by atoms with Crippen molar-refractivity contribution in [3.05, 3.63) is 35.6 Å². The minimum atomic E-state index is 0.360. The Bertz CT molecular complexity index is 468. The molecule has 2 aromatic rings. The van der Waals surface area contributed by atoms with Gasteiger partial charge in [-0.25, -0.2) is 4.98 Å². The van der Waals surface area contributed by atoms with Crippen LogP contribution in [0.15, 0.2) is 39.1 Å². The molecule has 19 heavy (non-hydrogen) atoms. The molecule has 1 unspecified atom stereocenters. The molecule has 0 saturated heterocycles. The zero-order valence-electron chi connectivity index (χ0n) is 11.3. The van der Waals surface area contributed by atoms with Crippen molar-refractivity contribution < 1.29 is 0 Å². The first kappa shape index (κ1) is 14.5. The predicted octanol–water partition coefficient (Wildman–Crippen LogP) is 4.14. The second-order valence-electron chi connectivity index (χ2n) is 4.23. The van der Waals surface area contributed by atoms with E-state index in [1.807, 2.05) is 17.8 Å². The minimum absolute atomic E-state index is 0.360. The molecule has 0 fully saturated rings. The van der Waals surface area contributed by atoms with Gasteiger partial charge < -0.3 is 5.32 Å². The van der Waals surface area contributed by atoms with Gasteiger partial charge in [-0.05, 0) is 31.5 Å². The van der Waals surface area contributed by atoms with E-state index in [0.717, 1.165) is 34.3 Å². The summed E-state index contributed by atoms with van der Waals surface area (Å²) in [5.74, 6) is 0. The Kier molecular flexibility index (Phi) is 5.82. The summed E-state index contributed by atoms with van der Waals surface area (Å²) >= 11 is 3.32. The van der Waals surface area contributed by atoms with E-state index in [2.05, 4.69) is 41.3 Å². The molecule has 0 aliphatic rings. The zero-order chi connectivity index (χ0) is 13.5. The number of pyridine rings is 1. The largest absolute Gasteiger partial charge is 0.309 e. The molecule has 0 spiro atoms. The summed E-state index contributed by atoms with van der Waals surface area (Å²) in [6.07, 6.45) is 5.98. The maximum atomic E-state index is 4.58. The zero-order valence-corrected chi connectivity index (χ0v) is 12.9. The molecule has 1 atom stereocenters. The van der Waals surface area contributed by atoms with Crippen LogP contribution in [0, 0.1) is 0 Å². The lowest BCUT2D eigenvalue weighted by Crippen LogP contribution is -2.22. The molecule has 102 valence electrons. The third-order valence-electron chi connectivity index (χ3n) is 2.78. The Labute approximate surface area is 122 Å². The summed E-state index contributed by atoms with van der Waals surface area (Å²) in [5, 5.41) is 5.51. The van der Waals surface area contributed by atoms with Crippen LogP contribution in [0.3, 0.4) is 0 Å². The van der Waals surface area contributed by atoms with Crippen molar-refractivity contribution in [3.63, 3.8) is 0 Å². The van der Waals surface area contributed by atoms with E-state index >= 15 is 0 Å². The summed E-state index contributed by atoms with van der Waals surface area (Å²) in [7, 11) is 0. The first-order chi connectivity index (χ1) is 9.33. The van der Waals surface area contributed by atoms with Gasteiger partial charge in [-0.3, -0.25) is 4.98 Å². The van der Waals surface area contributed by atoms with Crippen molar-refractivity contribution in [3.8, 4) is 0 Å². The van der Waals surface area contributed by atoms with E-state index < -0.39 is 0 Å². The van der Waals surface area contributed by atoms with Crippen molar-refractivity contribution in [1.82, 2.24) is 15.3 Å². The number of hydrogen-bond acceptors (Lipinski definition) is 5. The molecule has 0 saturated carbocycles. The Hall–Kier alpha value is -0.910. The van der Waals surface area contributed by atoms with Crippen LogP contribution in [0.4, 0.5) is 0 Å². The van der Waals surface area contributed by atoms with E-state index in [4.69, 9.17) is 0 Å². The SMILES string of the molecule is CCCNC(CC)c1ccc(Sc2nccs2)cn1. The molecular formula is C14H19N3S2. The lowest BCUT2D eigenvalue weighted by Gasteiger charge is -2.16. The van der Waals surface area contributed by atoms with Gasteiger partial charge in [-0.15, -0.1) is 11.3 Å². The molecule has 0 bridgehead atoms. The van der Waals surface area contributed by atoms with Gasteiger partial charge >= 0.3 is 0 Å². The normalized spacial score (nSPS) is 12.5. The fraction of sp³-hybridized carbons (Fsp3) is 0.429. The van der Waals surface area contributed by atoms with Crippen LogP contribution in [-0.4, -0.2) is 16.5 Å². The van der Waals surface area contributed by atoms with Gasteiger partial charge in [-0.1, -0.05) is 25.6 Å². The molecular weight excluding hydrogens is 274 g/mol. The summed E-state index contributed by atoms with van der Waals surface area (Å²) in [5.41, 5.74) is 1.12. The van der Waals surface area contributed by atoms with E-state index in [-0.39, 0.29) is 0 Å².